The molecule has 1 aromatic carbocycles. The molecule has 3 aromatic rings. The SMILES string of the molecule is CC(C)(C)OC(=O)N1CC(Nc2ncc3c(n2)C(C)(c2cccc(Cl)c2F)CN(c2ncccc2F)C3=O)C1. The van der Waals surface area contributed by atoms with Crippen LogP contribution in [0.3, 0.4) is 0 Å². The van der Waals surface area contributed by atoms with Gasteiger partial charge in [-0.15, -0.1) is 0 Å². The van der Waals surface area contributed by atoms with Crippen molar-refractivity contribution in [1.82, 2.24) is 19.9 Å². The standard InChI is InChI=1S/C27H27ClF2N6O3/c1-26(2,3)39-25(38)35-12-15(13-35)33-24-32-11-16-21(34-24)27(4,17-7-5-8-18(28)20(17)30)14-36(23(16)37)22-19(29)9-6-10-31-22/h5-11,15H,12-14H2,1-4H3,(H,32,33,34). The van der Waals surface area contributed by atoms with E-state index in [-0.39, 0.29) is 46.2 Å². The molecule has 12 heteroatoms. The first-order chi connectivity index (χ1) is 18.4. The van der Waals surface area contributed by atoms with E-state index < -0.39 is 34.7 Å². The number of hydrogen-bond donors (Lipinski definition) is 1. The lowest BCUT2D eigenvalue weighted by Gasteiger charge is -2.41. The number of aromatic nitrogens is 3. The van der Waals surface area contributed by atoms with E-state index in [1.165, 1.54) is 35.5 Å². The Labute approximate surface area is 229 Å². The lowest BCUT2D eigenvalue weighted by atomic mass is 9.74. The summed E-state index contributed by atoms with van der Waals surface area (Å²) in [4.78, 5) is 41.5. The number of carbonyl (C=O) groups excluding carboxylic acids is 2. The number of halogens is 3. The van der Waals surface area contributed by atoms with Crippen LogP contribution in [-0.4, -0.2) is 63.1 Å². The fourth-order valence-corrected chi connectivity index (χ4v) is 4.93. The highest BCUT2D eigenvalue weighted by Crippen LogP contribution is 2.42. The van der Waals surface area contributed by atoms with Crippen LogP contribution in [0.4, 0.5) is 25.3 Å². The van der Waals surface area contributed by atoms with Gasteiger partial charge in [0.25, 0.3) is 5.91 Å². The van der Waals surface area contributed by atoms with Crippen molar-refractivity contribution in [2.24, 2.45) is 0 Å². The van der Waals surface area contributed by atoms with Crippen LogP contribution >= 0.6 is 11.6 Å². The Morgan fingerprint density at radius 2 is 1.92 bits per heavy atom. The molecule has 0 saturated carbocycles. The first kappa shape index (κ1) is 26.7. The number of ether oxygens (including phenoxy) is 1. The summed E-state index contributed by atoms with van der Waals surface area (Å²) in [6, 6.07) is 7.06. The third kappa shape index (κ3) is 4.98. The Morgan fingerprint density at radius 3 is 2.62 bits per heavy atom. The molecule has 4 heterocycles. The van der Waals surface area contributed by atoms with Crippen molar-refractivity contribution >= 4 is 35.4 Å². The van der Waals surface area contributed by atoms with Gasteiger partial charge in [0.2, 0.25) is 5.95 Å². The average molecular weight is 557 g/mol. The second-order valence-corrected chi connectivity index (χ2v) is 11.2. The van der Waals surface area contributed by atoms with Crippen molar-refractivity contribution in [2.45, 2.75) is 44.8 Å². The molecular formula is C27H27ClF2N6O3. The number of nitrogens with one attached hydrogen (secondary N) is 1. The number of nitrogens with zero attached hydrogens (tertiary/aromatic N) is 5. The topological polar surface area (TPSA) is 101 Å². The van der Waals surface area contributed by atoms with Gasteiger partial charge in [0.15, 0.2) is 11.6 Å². The molecule has 2 aromatic heterocycles. The number of pyridine rings is 1. The molecule has 1 unspecified atom stereocenters. The van der Waals surface area contributed by atoms with Crippen LogP contribution in [0.15, 0.2) is 42.7 Å². The lowest BCUT2D eigenvalue weighted by Crippen LogP contribution is -2.58. The molecule has 204 valence electrons. The Balaban J connectivity index is 1.49. The molecule has 0 radical (unpaired) electrons. The first-order valence-electron chi connectivity index (χ1n) is 12.4. The zero-order valence-corrected chi connectivity index (χ0v) is 22.6. The maximum Gasteiger partial charge on any atom is 0.410 e. The van der Waals surface area contributed by atoms with Crippen molar-refractivity contribution in [3.63, 3.8) is 0 Å². The van der Waals surface area contributed by atoms with Crippen molar-refractivity contribution in [2.75, 3.05) is 29.9 Å². The van der Waals surface area contributed by atoms with Crippen molar-refractivity contribution in [1.29, 1.82) is 0 Å². The van der Waals surface area contributed by atoms with E-state index in [9.17, 15) is 14.0 Å². The molecule has 1 fully saturated rings. The maximum atomic E-state index is 15.4. The summed E-state index contributed by atoms with van der Waals surface area (Å²) in [6.07, 6.45) is 2.30. The van der Waals surface area contributed by atoms with Gasteiger partial charge in [-0.3, -0.25) is 9.69 Å². The number of amides is 2. The summed E-state index contributed by atoms with van der Waals surface area (Å²) >= 11 is 6.12. The number of likely N-dealkylation sites (tertiary alicyclic amines) is 1. The molecule has 0 spiro atoms. The molecule has 1 N–H and O–H groups in total. The minimum Gasteiger partial charge on any atom is -0.444 e. The Hall–Kier alpha value is -3.86. The van der Waals surface area contributed by atoms with Crippen LogP contribution < -0.4 is 10.2 Å². The monoisotopic (exact) mass is 556 g/mol. The molecule has 2 amide bonds. The van der Waals surface area contributed by atoms with Crippen LogP contribution in [0, 0.1) is 11.6 Å². The minimum absolute atomic E-state index is 0.0859. The van der Waals surface area contributed by atoms with Crippen LogP contribution in [-0.2, 0) is 10.2 Å². The predicted octanol–water partition coefficient (Wildman–Crippen LogP) is 4.80. The second kappa shape index (κ2) is 9.71. The molecule has 5 rings (SSSR count). The maximum absolute atomic E-state index is 15.4. The van der Waals surface area contributed by atoms with Gasteiger partial charge in [-0.1, -0.05) is 23.7 Å². The fourth-order valence-electron chi connectivity index (χ4n) is 4.75. The van der Waals surface area contributed by atoms with E-state index in [4.69, 9.17) is 16.3 Å². The van der Waals surface area contributed by atoms with Gasteiger partial charge in [-0.05, 0) is 45.9 Å². The average Bonchev–Trinajstić information content (AvgIpc) is 2.84. The van der Waals surface area contributed by atoms with Crippen molar-refractivity contribution in [3.05, 3.63) is 76.2 Å². The highest BCUT2D eigenvalue weighted by Gasteiger charge is 2.46. The van der Waals surface area contributed by atoms with E-state index in [1.54, 1.807) is 44.7 Å². The van der Waals surface area contributed by atoms with Crippen LogP contribution in [0.1, 0.15) is 49.3 Å². The molecule has 39 heavy (non-hydrogen) atoms. The summed E-state index contributed by atoms with van der Waals surface area (Å²) < 4.78 is 35.5. The van der Waals surface area contributed by atoms with Crippen LogP contribution in [0.2, 0.25) is 5.02 Å². The van der Waals surface area contributed by atoms with Crippen molar-refractivity contribution in [3.8, 4) is 0 Å². The number of carbonyl (C=O) groups is 2. The molecule has 9 nitrogen and oxygen atoms in total. The molecule has 0 bridgehead atoms. The van der Waals surface area contributed by atoms with Crippen molar-refractivity contribution < 1.29 is 23.1 Å². The van der Waals surface area contributed by atoms with Gasteiger partial charge >= 0.3 is 6.09 Å². The van der Waals surface area contributed by atoms with E-state index in [1.807, 2.05) is 0 Å². The Bertz CT molecular complexity index is 1460. The number of anilines is 2. The molecule has 0 aliphatic carbocycles. The number of hydrogen-bond acceptors (Lipinski definition) is 7. The van der Waals surface area contributed by atoms with Gasteiger partial charge in [0, 0.05) is 37.6 Å². The summed E-state index contributed by atoms with van der Waals surface area (Å²) in [5.41, 5.74) is -1.29. The van der Waals surface area contributed by atoms with Gasteiger partial charge in [-0.2, -0.15) is 0 Å². The summed E-state index contributed by atoms with van der Waals surface area (Å²) in [7, 11) is 0. The molecule has 1 atom stereocenters. The van der Waals surface area contributed by atoms with Crippen LogP contribution in [0.25, 0.3) is 0 Å². The molecule has 1 saturated heterocycles. The fraction of sp³-hybridized carbons (Fsp3) is 0.370. The van der Waals surface area contributed by atoms with E-state index in [0.29, 0.717) is 13.1 Å². The first-order valence-corrected chi connectivity index (χ1v) is 12.7. The predicted molar refractivity (Wildman–Crippen MR) is 141 cm³/mol. The van der Waals surface area contributed by atoms with Gasteiger partial charge in [0.1, 0.15) is 11.4 Å². The van der Waals surface area contributed by atoms with E-state index >= 15 is 4.39 Å². The quantitative estimate of drug-likeness (QED) is 0.492. The largest absolute Gasteiger partial charge is 0.444 e. The number of rotatable bonds is 4. The zero-order valence-electron chi connectivity index (χ0n) is 21.8. The third-order valence-corrected chi connectivity index (χ3v) is 6.96. The normalized spacial score (nSPS) is 19.4. The second-order valence-electron chi connectivity index (χ2n) is 10.8. The van der Waals surface area contributed by atoms with Gasteiger partial charge < -0.3 is 15.0 Å². The smallest absolute Gasteiger partial charge is 0.410 e. The molecule has 2 aliphatic heterocycles. The van der Waals surface area contributed by atoms with Gasteiger partial charge in [-0.25, -0.2) is 28.5 Å². The highest BCUT2D eigenvalue weighted by molar-refractivity contribution is 6.30. The Kier molecular flexibility index (Phi) is 6.66. The summed E-state index contributed by atoms with van der Waals surface area (Å²) in [5.74, 6) is -1.89. The third-order valence-electron chi connectivity index (χ3n) is 6.67. The summed E-state index contributed by atoms with van der Waals surface area (Å²) in [5, 5.41) is 3.08. The number of benzene rings is 1. The Morgan fingerprint density at radius 1 is 1.18 bits per heavy atom. The molecule has 2 aliphatic rings. The lowest BCUT2D eigenvalue weighted by molar-refractivity contribution is 0.0104. The number of fused-ring (bicyclic) bond motifs is 1. The zero-order chi connectivity index (χ0) is 28.1. The molecular weight excluding hydrogens is 530 g/mol. The van der Waals surface area contributed by atoms with E-state index in [2.05, 4.69) is 20.3 Å². The minimum atomic E-state index is -1.23. The van der Waals surface area contributed by atoms with Crippen LogP contribution in [0.5, 0.6) is 0 Å². The van der Waals surface area contributed by atoms with E-state index in [0.717, 1.165) is 0 Å². The summed E-state index contributed by atoms with van der Waals surface area (Å²) in [6.45, 7) is 7.72. The highest BCUT2D eigenvalue weighted by atomic mass is 35.5. The van der Waals surface area contributed by atoms with Gasteiger partial charge in [0.05, 0.1) is 27.7 Å².